The SMILES string of the molecule is COC(=O)Cc1cc(OC(F)(F)F)c(OC)c(CN)n1. The van der Waals surface area contributed by atoms with Gasteiger partial charge in [-0.3, -0.25) is 9.78 Å². The van der Waals surface area contributed by atoms with E-state index in [9.17, 15) is 18.0 Å². The van der Waals surface area contributed by atoms with E-state index in [2.05, 4.69) is 14.5 Å². The first kappa shape index (κ1) is 16.0. The van der Waals surface area contributed by atoms with Crippen LogP contribution in [-0.2, 0) is 22.5 Å². The molecule has 0 saturated heterocycles. The minimum atomic E-state index is -4.90. The number of ether oxygens (including phenoxy) is 3. The second kappa shape index (κ2) is 6.42. The van der Waals surface area contributed by atoms with E-state index < -0.39 is 18.1 Å². The number of hydrogen-bond acceptors (Lipinski definition) is 6. The van der Waals surface area contributed by atoms with Crippen LogP contribution in [-0.4, -0.2) is 31.5 Å². The van der Waals surface area contributed by atoms with E-state index in [0.29, 0.717) is 0 Å². The van der Waals surface area contributed by atoms with Crippen LogP contribution in [0, 0.1) is 0 Å². The van der Waals surface area contributed by atoms with Gasteiger partial charge in [0.1, 0.15) is 5.69 Å². The molecule has 1 aromatic heterocycles. The Hall–Kier alpha value is -2.03. The second-order valence-corrected chi connectivity index (χ2v) is 3.60. The first-order valence-corrected chi connectivity index (χ1v) is 5.40. The van der Waals surface area contributed by atoms with Crippen LogP contribution in [0.4, 0.5) is 13.2 Å². The third-order valence-corrected chi connectivity index (χ3v) is 2.24. The van der Waals surface area contributed by atoms with Gasteiger partial charge in [-0.15, -0.1) is 13.2 Å². The van der Waals surface area contributed by atoms with Crippen molar-refractivity contribution in [1.82, 2.24) is 4.98 Å². The molecule has 9 heteroatoms. The number of carbonyl (C=O) groups excluding carboxylic acids is 1. The van der Waals surface area contributed by atoms with Crippen LogP contribution in [0.2, 0.25) is 0 Å². The number of esters is 1. The van der Waals surface area contributed by atoms with Gasteiger partial charge in [-0.25, -0.2) is 0 Å². The van der Waals surface area contributed by atoms with Crippen LogP contribution in [0.1, 0.15) is 11.4 Å². The average molecular weight is 294 g/mol. The predicted molar refractivity (Wildman–Crippen MR) is 61.1 cm³/mol. The van der Waals surface area contributed by atoms with Gasteiger partial charge in [0, 0.05) is 12.6 Å². The fourth-order valence-corrected chi connectivity index (χ4v) is 1.48. The van der Waals surface area contributed by atoms with E-state index in [1.807, 2.05) is 0 Å². The molecule has 0 aliphatic rings. The van der Waals surface area contributed by atoms with Crippen molar-refractivity contribution in [3.8, 4) is 11.5 Å². The molecule has 0 bridgehead atoms. The van der Waals surface area contributed by atoms with Gasteiger partial charge in [-0.05, 0) is 0 Å². The Morgan fingerprint density at radius 3 is 2.50 bits per heavy atom. The standard InChI is InChI=1S/C11H13F3N2O4/c1-18-9(17)4-6-3-8(20-11(12,13)14)10(19-2)7(5-15)16-6/h3H,4-5,15H2,1-2H3. The third kappa shape index (κ3) is 4.26. The Morgan fingerprint density at radius 2 is 2.05 bits per heavy atom. The Kier molecular flexibility index (Phi) is 5.14. The van der Waals surface area contributed by atoms with Crippen molar-refractivity contribution in [3.63, 3.8) is 0 Å². The van der Waals surface area contributed by atoms with Gasteiger partial charge in [0.25, 0.3) is 0 Å². The number of halogens is 3. The molecule has 0 amide bonds. The number of alkyl halides is 3. The molecule has 0 fully saturated rings. The van der Waals surface area contributed by atoms with Crippen molar-refractivity contribution in [3.05, 3.63) is 17.5 Å². The monoisotopic (exact) mass is 294 g/mol. The van der Waals surface area contributed by atoms with E-state index in [-0.39, 0.29) is 30.1 Å². The van der Waals surface area contributed by atoms with Crippen LogP contribution in [0.15, 0.2) is 6.07 Å². The zero-order valence-corrected chi connectivity index (χ0v) is 10.8. The molecule has 6 nitrogen and oxygen atoms in total. The van der Waals surface area contributed by atoms with Crippen molar-refractivity contribution in [2.75, 3.05) is 14.2 Å². The van der Waals surface area contributed by atoms with Gasteiger partial charge in [0.2, 0.25) is 0 Å². The molecule has 0 saturated carbocycles. The maximum absolute atomic E-state index is 12.3. The van der Waals surface area contributed by atoms with Crippen molar-refractivity contribution < 1.29 is 32.2 Å². The highest BCUT2D eigenvalue weighted by atomic mass is 19.4. The van der Waals surface area contributed by atoms with Crippen LogP contribution < -0.4 is 15.2 Å². The quantitative estimate of drug-likeness (QED) is 0.820. The molecule has 0 aliphatic heterocycles. The van der Waals surface area contributed by atoms with Gasteiger partial charge >= 0.3 is 12.3 Å². The number of hydrogen-bond donors (Lipinski definition) is 1. The lowest BCUT2D eigenvalue weighted by atomic mass is 10.2. The molecule has 20 heavy (non-hydrogen) atoms. The van der Waals surface area contributed by atoms with Gasteiger partial charge < -0.3 is 19.9 Å². The topological polar surface area (TPSA) is 83.7 Å². The fraction of sp³-hybridized carbons (Fsp3) is 0.455. The minimum absolute atomic E-state index is 0.0392. The van der Waals surface area contributed by atoms with Crippen LogP contribution >= 0.6 is 0 Å². The normalized spacial score (nSPS) is 11.1. The van der Waals surface area contributed by atoms with Crippen LogP contribution in [0.3, 0.4) is 0 Å². The number of rotatable bonds is 5. The van der Waals surface area contributed by atoms with Crippen LogP contribution in [0.5, 0.6) is 11.5 Å². The Morgan fingerprint density at radius 1 is 1.40 bits per heavy atom. The lowest BCUT2D eigenvalue weighted by molar-refractivity contribution is -0.275. The number of carbonyl (C=O) groups is 1. The summed E-state index contributed by atoms with van der Waals surface area (Å²) < 4.78 is 50.1. The van der Waals surface area contributed by atoms with Crippen molar-refractivity contribution in [1.29, 1.82) is 0 Å². The summed E-state index contributed by atoms with van der Waals surface area (Å²) in [5.74, 6) is -1.48. The van der Waals surface area contributed by atoms with Crippen LogP contribution in [0.25, 0.3) is 0 Å². The Balaban J connectivity index is 3.23. The molecular weight excluding hydrogens is 281 g/mol. The summed E-state index contributed by atoms with van der Waals surface area (Å²) in [6.07, 6.45) is -5.20. The summed E-state index contributed by atoms with van der Waals surface area (Å²) in [5.41, 5.74) is 5.48. The van der Waals surface area contributed by atoms with Gasteiger partial charge in [0.05, 0.1) is 26.3 Å². The average Bonchev–Trinajstić information content (AvgIpc) is 2.36. The smallest absolute Gasteiger partial charge is 0.491 e. The third-order valence-electron chi connectivity index (χ3n) is 2.24. The number of pyridine rings is 1. The predicted octanol–water partition coefficient (Wildman–Crippen LogP) is 1.16. The molecule has 2 N–H and O–H groups in total. The van der Waals surface area contributed by atoms with E-state index >= 15 is 0 Å². The summed E-state index contributed by atoms with van der Waals surface area (Å²) >= 11 is 0. The molecule has 1 aromatic rings. The van der Waals surface area contributed by atoms with Crippen molar-refractivity contribution >= 4 is 5.97 Å². The second-order valence-electron chi connectivity index (χ2n) is 3.60. The lowest BCUT2D eigenvalue weighted by Crippen LogP contribution is -2.19. The Labute approximate surface area is 112 Å². The van der Waals surface area contributed by atoms with E-state index in [4.69, 9.17) is 10.5 Å². The van der Waals surface area contributed by atoms with E-state index in [0.717, 1.165) is 13.2 Å². The summed E-state index contributed by atoms with van der Waals surface area (Å²) in [6, 6.07) is 0.961. The summed E-state index contributed by atoms with van der Waals surface area (Å²) in [7, 11) is 2.32. The van der Waals surface area contributed by atoms with E-state index in [1.54, 1.807) is 0 Å². The van der Waals surface area contributed by atoms with Gasteiger partial charge in [0.15, 0.2) is 11.5 Å². The van der Waals surface area contributed by atoms with Crippen molar-refractivity contribution in [2.24, 2.45) is 5.73 Å². The largest absolute Gasteiger partial charge is 0.573 e. The summed E-state index contributed by atoms with van der Waals surface area (Å²) in [4.78, 5) is 15.1. The molecule has 0 spiro atoms. The zero-order valence-electron chi connectivity index (χ0n) is 10.8. The first-order valence-electron chi connectivity index (χ1n) is 5.40. The zero-order chi connectivity index (χ0) is 15.3. The summed E-state index contributed by atoms with van der Waals surface area (Å²) in [6.45, 7) is -0.174. The number of nitrogens with zero attached hydrogens (tertiary/aromatic N) is 1. The molecule has 0 unspecified atom stereocenters. The van der Waals surface area contributed by atoms with E-state index in [1.165, 1.54) is 7.11 Å². The minimum Gasteiger partial charge on any atom is -0.491 e. The van der Waals surface area contributed by atoms with Gasteiger partial charge in [-0.2, -0.15) is 0 Å². The van der Waals surface area contributed by atoms with Gasteiger partial charge in [-0.1, -0.05) is 0 Å². The van der Waals surface area contributed by atoms with Crippen molar-refractivity contribution in [2.45, 2.75) is 19.3 Å². The fourth-order valence-electron chi connectivity index (χ4n) is 1.48. The maximum Gasteiger partial charge on any atom is 0.573 e. The lowest BCUT2D eigenvalue weighted by Gasteiger charge is -2.16. The molecule has 0 radical (unpaired) electrons. The Bertz CT molecular complexity index is 491. The molecular formula is C11H13F3N2O4. The number of aromatic nitrogens is 1. The molecule has 0 aliphatic carbocycles. The maximum atomic E-state index is 12.3. The highest BCUT2D eigenvalue weighted by Crippen LogP contribution is 2.34. The number of methoxy groups -OCH3 is 2. The first-order chi connectivity index (χ1) is 9.30. The molecule has 1 rings (SSSR count). The highest BCUT2D eigenvalue weighted by molar-refractivity contribution is 5.72. The molecule has 1 heterocycles. The number of nitrogens with two attached hydrogens (primary N) is 1. The molecule has 112 valence electrons. The molecule has 0 aromatic carbocycles. The molecule has 0 atom stereocenters. The highest BCUT2D eigenvalue weighted by Gasteiger charge is 2.33. The summed E-state index contributed by atoms with van der Waals surface area (Å²) in [5, 5.41) is 0.